The van der Waals surface area contributed by atoms with Crippen LogP contribution in [0.5, 0.6) is 0 Å². The van der Waals surface area contributed by atoms with Crippen molar-refractivity contribution in [3.8, 4) is 0 Å². The third-order valence-corrected chi connectivity index (χ3v) is 5.22. The normalized spacial score (nSPS) is 13.5. The Kier molecular flexibility index (Phi) is 6.01. The van der Waals surface area contributed by atoms with Crippen LogP contribution in [0.4, 0.5) is 0 Å². The second kappa shape index (κ2) is 7.06. The highest BCUT2D eigenvalue weighted by Gasteiger charge is 2.17. The molecule has 19 heavy (non-hydrogen) atoms. The summed E-state index contributed by atoms with van der Waals surface area (Å²) < 4.78 is 24.6. The highest BCUT2D eigenvalue weighted by Crippen LogP contribution is 2.19. The summed E-state index contributed by atoms with van der Waals surface area (Å²) in [4.78, 5) is 0.489. The molecule has 0 bridgehead atoms. The van der Waals surface area contributed by atoms with Gasteiger partial charge in [-0.25, -0.2) is 8.42 Å². The monoisotopic (exact) mass is 283 g/mol. The molecule has 0 radical (unpaired) electrons. The van der Waals surface area contributed by atoms with E-state index in [4.69, 9.17) is 0 Å². The zero-order valence-electron chi connectivity index (χ0n) is 12.4. The Hall–Kier alpha value is -0.870. The smallest absolute Gasteiger partial charge is 0.178 e. The van der Waals surface area contributed by atoms with Gasteiger partial charge in [0.15, 0.2) is 9.84 Å². The van der Waals surface area contributed by atoms with Crippen LogP contribution in [-0.2, 0) is 9.84 Å². The van der Waals surface area contributed by atoms with Crippen LogP contribution in [-0.4, -0.2) is 26.8 Å². The molecule has 1 rings (SSSR count). The Labute approximate surface area is 117 Å². The van der Waals surface area contributed by atoms with Crippen molar-refractivity contribution in [3.63, 3.8) is 0 Å². The lowest BCUT2D eigenvalue weighted by Gasteiger charge is -2.13. The van der Waals surface area contributed by atoms with Crippen LogP contribution in [0.3, 0.4) is 0 Å². The first-order valence-corrected chi connectivity index (χ1v) is 8.55. The van der Waals surface area contributed by atoms with Crippen molar-refractivity contribution < 1.29 is 8.42 Å². The Morgan fingerprint density at radius 1 is 1.26 bits per heavy atom. The number of hydrogen-bond acceptors (Lipinski definition) is 3. The molecule has 0 aliphatic heterocycles. The molecule has 0 aliphatic carbocycles. The third-order valence-electron chi connectivity index (χ3n) is 3.28. The molecule has 1 N–H and O–H groups in total. The number of hydrogen-bond donors (Lipinski definition) is 1. The number of rotatable bonds is 7. The van der Waals surface area contributed by atoms with E-state index in [2.05, 4.69) is 19.2 Å². The molecule has 1 unspecified atom stereocenters. The molecule has 0 amide bonds. The summed E-state index contributed by atoms with van der Waals surface area (Å²) in [5, 5.41) is 3.30. The van der Waals surface area contributed by atoms with E-state index in [0.717, 1.165) is 24.1 Å². The minimum atomic E-state index is -3.15. The van der Waals surface area contributed by atoms with Gasteiger partial charge in [0.05, 0.1) is 10.6 Å². The fraction of sp³-hybridized carbons (Fsp3) is 0.600. The summed E-state index contributed by atoms with van der Waals surface area (Å²) in [7, 11) is -3.15. The maximum atomic E-state index is 12.3. The minimum absolute atomic E-state index is 0.229. The van der Waals surface area contributed by atoms with Crippen LogP contribution in [0.15, 0.2) is 23.1 Å². The quantitative estimate of drug-likeness (QED) is 0.837. The maximum Gasteiger partial charge on any atom is 0.178 e. The van der Waals surface area contributed by atoms with E-state index in [9.17, 15) is 8.42 Å². The fourth-order valence-electron chi connectivity index (χ4n) is 2.18. The molecular formula is C15H25NO2S. The van der Waals surface area contributed by atoms with Crippen molar-refractivity contribution in [1.29, 1.82) is 0 Å². The fourth-order valence-corrected chi connectivity index (χ4v) is 3.87. The van der Waals surface area contributed by atoms with E-state index < -0.39 is 9.84 Å². The summed E-state index contributed by atoms with van der Waals surface area (Å²) in [6, 6.07) is 5.97. The lowest BCUT2D eigenvalue weighted by Crippen LogP contribution is -2.26. The Balaban J connectivity index is 2.68. The van der Waals surface area contributed by atoms with Crippen LogP contribution in [0.1, 0.15) is 37.8 Å². The predicted molar refractivity (Wildman–Crippen MR) is 80.3 cm³/mol. The van der Waals surface area contributed by atoms with Gasteiger partial charge in [0.2, 0.25) is 0 Å². The number of sulfone groups is 1. The molecule has 3 nitrogen and oxygen atoms in total. The average molecular weight is 283 g/mol. The van der Waals surface area contributed by atoms with Gasteiger partial charge in [0, 0.05) is 6.04 Å². The van der Waals surface area contributed by atoms with E-state index in [1.807, 2.05) is 26.0 Å². The summed E-state index contributed by atoms with van der Waals surface area (Å²) in [6.07, 6.45) is 1.59. The SMILES string of the molecule is CCNC(C)CCCS(=O)(=O)c1cc(C)ccc1C. The molecule has 0 spiro atoms. The topological polar surface area (TPSA) is 46.2 Å². The van der Waals surface area contributed by atoms with Crippen molar-refractivity contribution in [3.05, 3.63) is 29.3 Å². The van der Waals surface area contributed by atoms with Crippen LogP contribution in [0, 0.1) is 13.8 Å². The maximum absolute atomic E-state index is 12.3. The van der Waals surface area contributed by atoms with Gasteiger partial charge in [-0.15, -0.1) is 0 Å². The van der Waals surface area contributed by atoms with Crippen molar-refractivity contribution in [2.75, 3.05) is 12.3 Å². The molecule has 0 heterocycles. The molecule has 0 aromatic heterocycles. The molecule has 1 atom stereocenters. The third kappa shape index (κ3) is 4.96. The predicted octanol–water partition coefficient (Wildman–Crippen LogP) is 2.86. The molecular weight excluding hydrogens is 258 g/mol. The van der Waals surface area contributed by atoms with Gasteiger partial charge in [-0.2, -0.15) is 0 Å². The first kappa shape index (κ1) is 16.2. The Bertz CT molecular complexity index is 509. The summed E-state index contributed by atoms with van der Waals surface area (Å²) in [6.45, 7) is 8.85. The molecule has 0 aliphatic rings. The van der Waals surface area contributed by atoms with Crippen molar-refractivity contribution in [1.82, 2.24) is 5.32 Å². The highest BCUT2D eigenvalue weighted by atomic mass is 32.2. The van der Waals surface area contributed by atoms with Gasteiger partial charge in [-0.05, 0) is 57.4 Å². The zero-order valence-corrected chi connectivity index (χ0v) is 13.2. The number of benzene rings is 1. The van der Waals surface area contributed by atoms with Gasteiger partial charge in [-0.3, -0.25) is 0 Å². The Morgan fingerprint density at radius 2 is 1.95 bits per heavy atom. The van der Waals surface area contributed by atoms with Gasteiger partial charge in [-0.1, -0.05) is 19.1 Å². The summed E-state index contributed by atoms with van der Waals surface area (Å²) in [5.41, 5.74) is 1.83. The van der Waals surface area contributed by atoms with Crippen LogP contribution in [0.2, 0.25) is 0 Å². The molecule has 108 valence electrons. The Morgan fingerprint density at radius 3 is 2.58 bits per heavy atom. The lowest BCUT2D eigenvalue weighted by atomic mass is 10.2. The second-order valence-electron chi connectivity index (χ2n) is 5.19. The van der Waals surface area contributed by atoms with Gasteiger partial charge < -0.3 is 5.32 Å². The molecule has 1 aromatic rings. The molecule has 0 saturated carbocycles. The van der Waals surface area contributed by atoms with E-state index in [-0.39, 0.29) is 5.75 Å². The zero-order chi connectivity index (χ0) is 14.5. The summed E-state index contributed by atoms with van der Waals surface area (Å²) in [5.74, 6) is 0.229. The van der Waals surface area contributed by atoms with Gasteiger partial charge >= 0.3 is 0 Å². The van der Waals surface area contributed by atoms with Crippen LogP contribution < -0.4 is 5.32 Å². The largest absolute Gasteiger partial charge is 0.315 e. The molecule has 0 saturated heterocycles. The molecule has 4 heteroatoms. The van der Waals surface area contributed by atoms with E-state index in [1.54, 1.807) is 6.07 Å². The van der Waals surface area contributed by atoms with E-state index in [0.29, 0.717) is 17.4 Å². The minimum Gasteiger partial charge on any atom is -0.315 e. The van der Waals surface area contributed by atoms with E-state index in [1.165, 1.54) is 0 Å². The second-order valence-corrected chi connectivity index (χ2v) is 7.27. The average Bonchev–Trinajstić information content (AvgIpc) is 2.32. The van der Waals surface area contributed by atoms with Gasteiger partial charge in [0.1, 0.15) is 0 Å². The highest BCUT2D eigenvalue weighted by molar-refractivity contribution is 7.91. The lowest BCUT2D eigenvalue weighted by molar-refractivity contribution is 0.520. The molecule has 1 aromatic carbocycles. The van der Waals surface area contributed by atoms with Gasteiger partial charge in [0.25, 0.3) is 0 Å². The number of aryl methyl sites for hydroxylation is 2. The standard InChI is InChI=1S/C15H25NO2S/c1-5-16-14(4)7-6-10-19(17,18)15-11-12(2)8-9-13(15)3/h8-9,11,14,16H,5-7,10H2,1-4H3. The van der Waals surface area contributed by atoms with E-state index >= 15 is 0 Å². The van der Waals surface area contributed by atoms with Crippen LogP contribution in [0.25, 0.3) is 0 Å². The van der Waals surface area contributed by atoms with Crippen molar-refractivity contribution in [2.24, 2.45) is 0 Å². The summed E-state index contributed by atoms with van der Waals surface area (Å²) >= 11 is 0. The first-order chi connectivity index (χ1) is 8.86. The first-order valence-electron chi connectivity index (χ1n) is 6.90. The van der Waals surface area contributed by atoms with Crippen molar-refractivity contribution in [2.45, 2.75) is 51.5 Å². The van der Waals surface area contributed by atoms with Crippen LogP contribution >= 0.6 is 0 Å². The number of nitrogens with one attached hydrogen (secondary N) is 1. The molecule has 0 fully saturated rings. The van der Waals surface area contributed by atoms with Crippen molar-refractivity contribution >= 4 is 9.84 Å².